The van der Waals surface area contributed by atoms with Crippen molar-refractivity contribution in [2.24, 2.45) is 0 Å². The molecule has 2 amide bonds. The van der Waals surface area contributed by atoms with E-state index in [0.717, 1.165) is 23.3 Å². The van der Waals surface area contributed by atoms with Gasteiger partial charge in [0.05, 0.1) is 12.3 Å². The van der Waals surface area contributed by atoms with Crippen LogP contribution in [0.1, 0.15) is 47.3 Å². The zero-order chi connectivity index (χ0) is 28.5. The van der Waals surface area contributed by atoms with Gasteiger partial charge >= 0.3 is 0 Å². The van der Waals surface area contributed by atoms with Crippen LogP contribution in [0.2, 0.25) is 0 Å². The predicted molar refractivity (Wildman–Crippen MR) is 160 cm³/mol. The SMILES string of the molecule is CCCOc1ccc(C=CC(=O)Nc2ccc(N(C(C)=O)c3ccc(C)cc3)c(C(=O)c3ccccc3)c2)cc1. The van der Waals surface area contributed by atoms with Gasteiger partial charge in [-0.1, -0.05) is 67.1 Å². The number of rotatable bonds is 10. The molecule has 0 saturated heterocycles. The molecule has 0 bridgehead atoms. The van der Waals surface area contributed by atoms with E-state index < -0.39 is 0 Å². The Hall–Kier alpha value is -4.97. The van der Waals surface area contributed by atoms with Crippen LogP contribution in [-0.2, 0) is 9.59 Å². The van der Waals surface area contributed by atoms with Crippen molar-refractivity contribution in [1.29, 1.82) is 0 Å². The Morgan fingerprint density at radius 1 is 0.875 bits per heavy atom. The Kier molecular flexibility index (Phi) is 9.26. The van der Waals surface area contributed by atoms with Gasteiger partial charge in [-0.15, -0.1) is 0 Å². The third-order valence-corrected chi connectivity index (χ3v) is 6.17. The first kappa shape index (κ1) is 28.0. The topological polar surface area (TPSA) is 75.7 Å². The van der Waals surface area contributed by atoms with Gasteiger partial charge in [-0.3, -0.25) is 19.3 Å². The molecule has 0 atom stereocenters. The summed E-state index contributed by atoms with van der Waals surface area (Å²) < 4.78 is 5.60. The largest absolute Gasteiger partial charge is 0.494 e. The van der Waals surface area contributed by atoms with Crippen LogP contribution in [-0.4, -0.2) is 24.2 Å². The zero-order valence-corrected chi connectivity index (χ0v) is 22.9. The summed E-state index contributed by atoms with van der Waals surface area (Å²) in [5.41, 5.74) is 4.20. The molecular formula is C34H32N2O4. The number of hydrogen-bond acceptors (Lipinski definition) is 4. The van der Waals surface area contributed by atoms with Crippen LogP contribution in [0.15, 0.2) is 103 Å². The third-order valence-electron chi connectivity index (χ3n) is 6.17. The van der Waals surface area contributed by atoms with Crippen molar-refractivity contribution in [3.8, 4) is 5.75 Å². The third kappa shape index (κ3) is 7.11. The van der Waals surface area contributed by atoms with Gasteiger partial charge in [0.2, 0.25) is 11.8 Å². The second-order valence-electron chi connectivity index (χ2n) is 9.36. The molecule has 0 fully saturated rings. The van der Waals surface area contributed by atoms with Crippen LogP contribution in [0.25, 0.3) is 6.08 Å². The van der Waals surface area contributed by atoms with Crippen LogP contribution in [0, 0.1) is 6.92 Å². The number of carbonyl (C=O) groups is 3. The Bertz CT molecular complexity index is 1510. The average Bonchev–Trinajstić information content (AvgIpc) is 2.97. The quantitative estimate of drug-likeness (QED) is 0.171. The van der Waals surface area contributed by atoms with Crippen molar-refractivity contribution in [2.45, 2.75) is 27.2 Å². The van der Waals surface area contributed by atoms with Crippen LogP contribution >= 0.6 is 0 Å². The Morgan fingerprint density at radius 2 is 1.57 bits per heavy atom. The summed E-state index contributed by atoms with van der Waals surface area (Å²) in [5, 5.41) is 2.83. The lowest BCUT2D eigenvalue weighted by molar-refractivity contribution is -0.116. The Labute approximate surface area is 234 Å². The summed E-state index contributed by atoms with van der Waals surface area (Å²) >= 11 is 0. The van der Waals surface area contributed by atoms with Gasteiger partial charge < -0.3 is 10.1 Å². The van der Waals surface area contributed by atoms with E-state index in [4.69, 9.17) is 4.74 Å². The van der Waals surface area contributed by atoms with Crippen LogP contribution in [0.5, 0.6) is 5.75 Å². The van der Waals surface area contributed by atoms with Crippen LogP contribution in [0.3, 0.4) is 0 Å². The van der Waals surface area contributed by atoms with E-state index in [0.29, 0.717) is 34.8 Å². The molecule has 0 saturated carbocycles. The van der Waals surface area contributed by atoms with Crippen LogP contribution in [0.4, 0.5) is 17.1 Å². The number of carbonyl (C=O) groups excluding carboxylic acids is 3. The van der Waals surface area contributed by atoms with Crippen molar-refractivity contribution in [3.63, 3.8) is 0 Å². The molecule has 0 aliphatic carbocycles. The molecule has 40 heavy (non-hydrogen) atoms. The average molecular weight is 533 g/mol. The first-order valence-corrected chi connectivity index (χ1v) is 13.2. The maximum atomic E-state index is 13.6. The summed E-state index contributed by atoms with van der Waals surface area (Å²) in [6, 6.07) is 28.8. The maximum absolute atomic E-state index is 13.6. The monoisotopic (exact) mass is 532 g/mol. The number of amides is 2. The summed E-state index contributed by atoms with van der Waals surface area (Å²) in [4.78, 5) is 40.7. The molecular weight excluding hydrogens is 500 g/mol. The highest BCUT2D eigenvalue weighted by atomic mass is 16.5. The molecule has 0 aromatic heterocycles. The van der Waals surface area contributed by atoms with Crippen molar-refractivity contribution in [1.82, 2.24) is 0 Å². The Balaban J connectivity index is 1.63. The molecule has 0 aliphatic heterocycles. The number of anilines is 3. The molecule has 6 nitrogen and oxygen atoms in total. The lowest BCUT2D eigenvalue weighted by atomic mass is 9.99. The lowest BCUT2D eigenvalue weighted by Crippen LogP contribution is -2.25. The highest BCUT2D eigenvalue weighted by molar-refractivity contribution is 6.16. The predicted octanol–water partition coefficient (Wildman–Crippen LogP) is 7.35. The molecule has 1 N–H and O–H groups in total. The molecule has 6 heteroatoms. The zero-order valence-electron chi connectivity index (χ0n) is 22.9. The van der Waals surface area contributed by atoms with Gasteiger partial charge in [-0.25, -0.2) is 0 Å². The normalized spacial score (nSPS) is 10.8. The second kappa shape index (κ2) is 13.2. The molecule has 0 radical (unpaired) electrons. The van der Waals surface area contributed by atoms with Crippen molar-refractivity contribution in [2.75, 3.05) is 16.8 Å². The van der Waals surface area contributed by atoms with E-state index in [1.54, 1.807) is 48.5 Å². The molecule has 0 aliphatic rings. The van der Waals surface area contributed by atoms with Crippen LogP contribution < -0.4 is 15.0 Å². The number of aryl methyl sites for hydroxylation is 1. The molecule has 4 rings (SSSR count). The minimum Gasteiger partial charge on any atom is -0.494 e. The van der Waals surface area contributed by atoms with Gasteiger partial charge in [0, 0.05) is 35.5 Å². The van der Waals surface area contributed by atoms with Gasteiger partial charge in [0.15, 0.2) is 5.78 Å². The number of nitrogens with zero attached hydrogens (tertiary/aromatic N) is 1. The van der Waals surface area contributed by atoms with E-state index in [9.17, 15) is 14.4 Å². The lowest BCUT2D eigenvalue weighted by Gasteiger charge is -2.24. The molecule has 0 heterocycles. The molecule has 4 aromatic rings. The summed E-state index contributed by atoms with van der Waals surface area (Å²) in [6.45, 7) is 6.13. The summed E-state index contributed by atoms with van der Waals surface area (Å²) in [7, 11) is 0. The van der Waals surface area contributed by atoms with Crippen molar-refractivity contribution < 1.29 is 19.1 Å². The number of hydrogen-bond donors (Lipinski definition) is 1. The first-order valence-electron chi connectivity index (χ1n) is 13.2. The van der Waals surface area contributed by atoms with E-state index >= 15 is 0 Å². The highest BCUT2D eigenvalue weighted by Crippen LogP contribution is 2.33. The second-order valence-corrected chi connectivity index (χ2v) is 9.36. The molecule has 0 unspecified atom stereocenters. The van der Waals surface area contributed by atoms with E-state index in [2.05, 4.69) is 5.32 Å². The van der Waals surface area contributed by atoms with Gasteiger partial charge in [0.1, 0.15) is 5.75 Å². The van der Waals surface area contributed by atoms with E-state index in [-0.39, 0.29) is 17.6 Å². The van der Waals surface area contributed by atoms with Gasteiger partial charge in [0.25, 0.3) is 0 Å². The van der Waals surface area contributed by atoms with Crippen molar-refractivity contribution in [3.05, 3.63) is 125 Å². The number of benzene rings is 4. The van der Waals surface area contributed by atoms with Gasteiger partial charge in [-0.05, 0) is 67.4 Å². The smallest absolute Gasteiger partial charge is 0.248 e. The maximum Gasteiger partial charge on any atom is 0.248 e. The molecule has 0 spiro atoms. The molecule has 4 aromatic carbocycles. The summed E-state index contributed by atoms with van der Waals surface area (Å²) in [6.07, 6.45) is 4.07. The Morgan fingerprint density at radius 3 is 2.23 bits per heavy atom. The minimum absolute atomic E-state index is 0.239. The molecule has 202 valence electrons. The number of nitrogens with one attached hydrogen (secondary N) is 1. The fourth-order valence-electron chi connectivity index (χ4n) is 4.17. The number of ketones is 1. The minimum atomic E-state index is -0.348. The fraction of sp³-hybridized carbons (Fsp3) is 0.147. The van der Waals surface area contributed by atoms with Gasteiger partial charge in [-0.2, -0.15) is 0 Å². The fourth-order valence-corrected chi connectivity index (χ4v) is 4.17. The number of ether oxygens (including phenoxy) is 1. The summed E-state index contributed by atoms with van der Waals surface area (Å²) in [5.74, 6) is -0.0636. The van der Waals surface area contributed by atoms with E-state index in [1.165, 1.54) is 17.9 Å². The standard InChI is InChI=1S/C34H32N2O4/c1-4-22-40-30-18-12-26(13-19-30)14-21-33(38)35-28-15-20-32(31(23-28)34(39)27-8-6-5-7-9-27)36(25(3)37)29-16-10-24(2)11-17-29/h5-21,23H,4,22H2,1-3H3,(H,35,38). The van der Waals surface area contributed by atoms with Crippen molar-refractivity contribution >= 4 is 40.7 Å². The highest BCUT2D eigenvalue weighted by Gasteiger charge is 2.23. The first-order chi connectivity index (χ1) is 19.4. The van der Waals surface area contributed by atoms with E-state index in [1.807, 2.05) is 68.4 Å².